The molecule has 0 aliphatic carbocycles. The molecule has 6 aromatic carbocycles. The van der Waals surface area contributed by atoms with Crippen molar-refractivity contribution in [3.63, 3.8) is 0 Å². The number of ether oxygens (including phenoxy) is 2. The third-order valence-corrected chi connectivity index (χ3v) is 11.3. The van der Waals surface area contributed by atoms with Crippen molar-refractivity contribution >= 4 is 65.4 Å². The first-order chi connectivity index (χ1) is 30.5. The molecular formula is C52H35N7O2. The summed E-state index contributed by atoms with van der Waals surface area (Å²) in [4.78, 5) is 19.1. The van der Waals surface area contributed by atoms with Gasteiger partial charge < -0.3 is 9.47 Å². The van der Waals surface area contributed by atoms with Crippen molar-refractivity contribution in [3.05, 3.63) is 188 Å². The van der Waals surface area contributed by atoms with E-state index in [0.29, 0.717) is 46.4 Å². The molecule has 9 nitrogen and oxygen atoms in total. The van der Waals surface area contributed by atoms with Crippen LogP contribution in [0.1, 0.15) is 12.8 Å². The number of aryl methyl sites for hydroxylation is 2. The van der Waals surface area contributed by atoms with Gasteiger partial charge in [0.2, 0.25) is 5.95 Å². The molecule has 0 saturated heterocycles. The van der Waals surface area contributed by atoms with Crippen LogP contribution in [0.3, 0.4) is 0 Å². The third-order valence-electron chi connectivity index (χ3n) is 11.3. The first-order valence-corrected chi connectivity index (χ1v) is 20.1. The molecule has 12 rings (SSSR count). The Labute approximate surface area is 350 Å². The fourth-order valence-corrected chi connectivity index (χ4v) is 8.83. The van der Waals surface area contributed by atoms with Gasteiger partial charge in [-0.2, -0.15) is 0 Å². The van der Waals surface area contributed by atoms with Gasteiger partial charge in [0, 0.05) is 80.4 Å². The summed E-state index contributed by atoms with van der Waals surface area (Å²) >= 11 is 0. The van der Waals surface area contributed by atoms with E-state index in [2.05, 4.69) is 94.1 Å². The number of hydrogen-bond donors (Lipinski definition) is 0. The minimum absolute atomic E-state index is 0.319. The zero-order valence-electron chi connectivity index (χ0n) is 34.1. The number of rotatable bonds is 7. The normalized spacial score (nSPS) is 12.0. The second-order valence-corrected chi connectivity index (χ2v) is 15.2. The summed E-state index contributed by atoms with van der Waals surface area (Å²) in [5, 5.41) is 6.52. The van der Waals surface area contributed by atoms with Gasteiger partial charge in [0.15, 0.2) is 0 Å². The molecule has 61 heavy (non-hydrogen) atoms. The van der Waals surface area contributed by atoms with E-state index < -0.39 is 0 Å². The van der Waals surface area contributed by atoms with Crippen LogP contribution in [0.5, 0.6) is 23.0 Å². The summed E-state index contributed by atoms with van der Waals surface area (Å²) in [6.07, 6.45) is 3.63. The summed E-state index contributed by atoms with van der Waals surface area (Å²) in [7, 11) is 0. The van der Waals surface area contributed by atoms with Crippen LogP contribution in [0.4, 0.5) is 0 Å². The van der Waals surface area contributed by atoms with E-state index in [-0.39, 0.29) is 0 Å². The van der Waals surface area contributed by atoms with Crippen LogP contribution in [0.25, 0.3) is 83.0 Å². The quantitative estimate of drug-likeness (QED) is 0.160. The van der Waals surface area contributed by atoms with Gasteiger partial charge in [0.25, 0.3) is 0 Å². The molecule has 0 spiro atoms. The Hall–Kier alpha value is -8.30. The molecule has 0 bridgehead atoms. The Bertz CT molecular complexity index is 3500. The topological polar surface area (TPSA) is 84.8 Å². The smallest absolute Gasteiger partial charge is 0.235 e. The molecule has 0 atom stereocenters. The molecule has 0 aliphatic rings. The minimum atomic E-state index is 0.319. The highest BCUT2D eigenvalue weighted by atomic mass is 16.5. The van der Waals surface area contributed by atoms with Gasteiger partial charge in [-0.15, -0.1) is 0 Å². The van der Waals surface area contributed by atoms with Crippen LogP contribution in [0.2, 0.25) is 0 Å². The molecule has 0 unspecified atom stereocenters. The second kappa shape index (κ2) is 13.6. The molecule has 0 amide bonds. The van der Waals surface area contributed by atoms with E-state index >= 15 is 0 Å². The fourth-order valence-electron chi connectivity index (χ4n) is 8.83. The standard InChI is InChI=1S/C52H35N7O2/c1-32-27-33(2)56-52(55-32)59-48-30-36(60-34-17-21-40-38-11-3-5-13-44(38)57(46(40)28-34)50-15-7-9-25-53-50)19-23-42(48)43-24-20-37(31-49(43)59)61-35-18-22-41-39-12-4-6-14-45(39)58(47(41)29-35)51-16-8-10-26-54-51/h3-31H,1-2H3/i27D. The summed E-state index contributed by atoms with van der Waals surface area (Å²) in [6.45, 7) is 3.69. The van der Waals surface area contributed by atoms with E-state index in [1.807, 2.05) is 104 Å². The van der Waals surface area contributed by atoms with Gasteiger partial charge in [-0.3, -0.25) is 13.7 Å². The second-order valence-electron chi connectivity index (χ2n) is 15.2. The van der Waals surface area contributed by atoms with Gasteiger partial charge in [-0.05, 0) is 105 Å². The van der Waals surface area contributed by atoms with Crippen molar-refractivity contribution in [2.24, 2.45) is 0 Å². The summed E-state index contributed by atoms with van der Waals surface area (Å²) < 4.78 is 28.3. The first kappa shape index (κ1) is 33.6. The van der Waals surface area contributed by atoms with E-state index in [4.69, 9.17) is 30.8 Å². The first-order valence-electron chi connectivity index (χ1n) is 20.6. The van der Waals surface area contributed by atoms with Crippen LogP contribution >= 0.6 is 0 Å². The SMILES string of the molecule is [2H]c1c(C)nc(-n2c3cc(Oc4ccc5c6ccccc6n(-c6ccccn6)c5c4)ccc3c3ccc(Oc4ccc5c6ccccc6n(-c6ccccn6)c5c4)cc32)nc1C. The van der Waals surface area contributed by atoms with Gasteiger partial charge in [0.05, 0.1) is 34.5 Å². The Morgan fingerprint density at radius 3 is 1.15 bits per heavy atom. The highest BCUT2D eigenvalue weighted by Gasteiger charge is 2.19. The van der Waals surface area contributed by atoms with Gasteiger partial charge in [-0.1, -0.05) is 48.5 Å². The molecule has 6 aromatic heterocycles. The van der Waals surface area contributed by atoms with Crippen molar-refractivity contribution in [3.8, 4) is 40.6 Å². The summed E-state index contributed by atoms with van der Waals surface area (Å²) in [5.41, 5.74) is 7.04. The Morgan fingerprint density at radius 1 is 0.393 bits per heavy atom. The van der Waals surface area contributed by atoms with Crippen LogP contribution in [-0.2, 0) is 0 Å². The molecule has 0 N–H and O–H groups in total. The summed E-state index contributed by atoms with van der Waals surface area (Å²) in [5.74, 6) is 4.82. The molecule has 0 radical (unpaired) electrons. The molecule has 0 fully saturated rings. The molecule has 6 heterocycles. The predicted octanol–water partition coefficient (Wildman–Crippen LogP) is 12.8. The van der Waals surface area contributed by atoms with Crippen LogP contribution in [-0.4, -0.2) is 33.6 Å². The Balaban J connectivity index is 0.979. The average molecular weight is 791 g/mol. The zero-order valence-corrected chi connectivity index (χ0v) is 33.1. The predicted molar refractivity (Wildman–Crippen MR) is 243 cm³/mol. The maximum atomic E-state index is 8.55. The van der Waals surface area contributed by atoms with E-state index in [1.165, 1.54) is 0 Å². The van der Waals surface area contributed by atoms with Crippen molar-refractivity contribution in [2.75, 3.05) is 0 Å². The van der Waals surface area contributed by atoms with Crippen molar-refractivity contribution in [1.29, 1.82) is 0 Å². The number of pyridine rings is 2. The lowest BCUT2D eigenvalue weighted by molar-refractivity contribution is 0.484. The van der Waals surface area contributed by atoms with Crippen molar-refractivity contribution in [1.82, 2.24) is 33.6 Å². The average Bonchev–Trinajstić information content (AvgIpc) is 3.93. The number of para-hydroxylation sites is 2. The van der Waals surface area contributed by atoms with E-state index in [0.717, 1.165) is 77.1 Å². The zero-order chi connectivity index (χ0) is 41.5. The van der Waals surface area contributed by atoms with Gasteiger partial charge in [-0.25, -0.2) is 19.9 Å². The van der Waals surface area contributed by atoms with E-state index in [1.54, 1.807) is 0 Å². The maximum absolute atomic E-state index is 8.55. The van der Waals surface area contributed by atoms with Crippen LogP contribution in [0.15, 0.2) is 176 Å². The van der Waals surface area contributed by atoms with Crippen molar-refractivity contribution in [2.45, 2.75) is 13.8 Å². The number of benzene rings is 6. The lowest BCUT2D eigenvalue weighted by Gasteiger charge is -2.11. The Morgan fingerprint density at radius 2 is 0.754 bits per heavy atom. The van der Waals surface area contributed by atoms with Gasteiger partial charge >= 0.3 is 0 Å². The highest BCUT2D eigenvalue weighted by Crippen LogP contribution is 2.40. The molecule has 290 valence electrons. The number of aromatic nitrogens is 7. The third kappa shape index (κ3) is 5.70. The van der Waals surface area contributed by atoms with Crippen LogP contribution < -0.4 is 9.47 Å². The Kier molecular flexibility index (Phi) is 7.53. The largest absolute Gasteiger partial charge is 0.457 e. The lowest BCUT2D eigenvalue weighted by Crippen LogP contribution is -2.03. The van der Waals surface area contributed by atoms with E-state index in [9.17, 15) is 0 Å². The monoisotopic (exact) mass is 790 g/mol. The minimum Gasteiger partial charge on any atom is -0.457 e. The lowest BCUT2D eigenvalue weighted by atomic mass is 10.1. The maximum Gasteiger partial charge on any atom is 0.235 e. The van der Waals surface area contributed by atoms with Gasteiger partial charge in [0.1, 0.15) is 34.6 Å². The fraction of sp³-hybridized carbons (Fsp3) is 0.0385. The molecule has 12 aromatic rings. The molecule has 0 aliphatic heterocycles. The van der Waals surface area contributed by atoms with Crippen LogP contribution in [0, 0.1) is 13.8 Å². The summed E-state index contributed by atoms with van der Waals surface area (Å²) in [6, 6.07) is 53.6. The number of fused-ring (bicyclic) bond motifs is 9. The number of nitrogens with zero attached hydrogens (tertiary/aromatic N) is 7. The molecule has 0 saturated carbocycles. The number of hydrogen-bond acceptors (Lipinski definition) is 6. The van der Waals surface area contributed by atoms with Crippen molar-refractivity contribution < 1.29 is 10.8 Å². The molecular weight excluding hydrogens is 755 g/mol. The molecule has 9 heteroatoms. The highest BCUT2D eigenvalue weighted by molar-refractivity contribution is 6.11.